The zero-order valence-corrected chi connectivity index (χ0v) is 14.9. The van der Waals surface area contributed by atoms with Crippen molar-refractivity contribution in [1.82, 2.24) is 9.55 Å². The summed E-state index contributed by atoms with van der Waals surface area (Å²) in [6.07, 6.45) is 5.70. The van der Waals surface area contributed by atoms with Crippen LogP contribution in [0.4, 0.5) is 0 Å². The quantitative estimate of drug-likeness (QED) is 0.553. The fourth-order valence-corrected chi connectivity index (χ4v) is 3.28. The molecule has 0 aliphatic heterocycles. The summed E-state index contributed by atoms with van der Waals surface area (Å²) in [5.41, 5.74) is 2.01. The van der Waals surface area contributed by atoms with Crippen molar-refractivity contribution < 1.29 is 4.74 Å². The number of hydrogen-bond acceptors (Lipinski definition) is 2. The number of fused-ring (bicyclic) bond motifs is 1. The topological polar surface area (TPSA) is 27.1 Å². The molecule has 0 saturated carbocycles. The van der Waals surface area contributed by atoms with Crippen LogP contribution in [0.15, 0.2) is 29.5 Å². The lowest BCUT2D eigenvalue weighted by Crippen LogP contribution is -2.22. The standard InChI is InChI=1S/C15H21BrN2OSi/c1-5-12-10-18(11-19-8-9-20(2,3)4)15-14(12)13(16)6-7-17-15/h5-7,10H,1,8-9,11H2,2-4H3. The van der Waals surface area contributed by atoms with Crippen molar-refractivity contribution in [3.05, 3.63) is 35.1 Å². The Labute approximate surface area is 129 Å². The van der Waals surface area contributed by atoms with Gasteiger partial charge in [0.15, 0.2) is 0 Å². The van der Waals surface area contributed by atoms with Gasteiger partial charge >= 0.3 is 0 Å². The molecule has 2 aromatic heterocycles. The number of rotatable bonds is 6. The van der Waals surface area contributed by atoms with Crippen LogP contribution in [0.5, 0.6) is 0 Å². The van der Waals surface area contributed by atoms with Gasteiger partial charge in [-0.05, 0) is 28.0 Å². The Bertz CT molecular complexity index is 616. The zero-order valence-electron chi connectivity index (χ0n) is 12.3. The number of ether oxygens (including phenoxy) is 1. The number of halogens is 1. The summed E-state index contributed by atoms with van der Waals surface area (Å²) in [6.45, 7) is 12.3. The Morgan fingerprint density at radius 3 is 2.85 bits per heavy atom. The highest BCUT2D eigenvalue weighted by atomic mass is 79.9. The molecule has 0 saturated heterocycles. The molecule has 0 aromatic carbocycles. The molecule has 0 unspecified atom stereocenters. The predicted molar refractivity (Wildman–Crippen MR) is 91.6 cm³/mol. The van der Waals surface area contributed by atoms with Crippen LogP contribution in [0.1, 0.15) is 5.56 Å². The molecule has 0 N–H and O–H groups in total. The average Bonchev–Trinajstić information content (AvgIpc) is 2.73. The smallest absolute Gasteiger partial charge is 0.143 e. The van der Waals surface area contributed by atoms with Gasteiger partial charge < -0.3 is 9.30 Å². The first-order valence-electron chi connectivity index (χ1n) is 6.76. The van der Waals surface area contributed by atoms with Gasteiger partial charge in [0.25, 0.3) is 0 Å². The minimum absolute atomic E-state index is 0.540. The van der Waals surface area contributed by atoms with Gasteiger partial charge in [-0.15, -0.1) is 0 Å². The molecule has 5 heteroatoms. The van der Waals surface area contributed by atoms with Crippen molar-refractivity contribution in [2.75, 3.05) is 6.61 Å². The highest BCUT2D eigenvalue weighted by Gasteiger charge is 2.13. The molecular formula is C15H21BrN2OSi. The molecule has 2 rings (SSSR count). The third-order valence-electron chi connectivity index (χ3n) is 3.18. The van der Waals surface area contributed by atoms with Crippen molar-refractivity contribution in [2.45, 2.75) is 32.4 Å². The van der Waals surface area contributed by atoms with Crippen LogP contribution in [-0.4, -0.2) is 24.2 Å². The second kappa shape index (κ2) is 6.24. The highest BCUT2D eigenvalue weighted by Crippen LogP contribution is 2.28. The summed E-state index contributed by atoms with van der Waals surface area (Å²) in [6, 6.07) is 3.13. The predicted octanol–water partition coefficient (Wildman–Crippen LogP) is 4.75. The van der Waals surface area contributed by atoms with Gasteiger partial charge in [-0.1, -0.05) is 32.3 Å². The Balaban J connectivity index is 2.15. The van der Waals surface area contributed by atoms with E-state index in [2.05, 4.69) is 47.1 Å². The van der Waals surface area contributed by atoms with E-state index in [0.717, 1.165) is 27.7 Å². The number of pyridine rings is 1. The number of nitrogens with zero attached hydrogens (tertiary/aromatic N) is 2. The van der Waals surface area contributed by atoms with E-state index in [9.17, 15) is 0 Å². The van der Waals surface area contributed by atoms with Gasteiger partial charge in [-0.3, -0.25) is 0 Å². The van der Waals surface area contributed by atoms with E-state index in [1.165, 1.54) is 6.04 Å². The van der Waals surface area contributed by atoms with Gasteiger partial charge in [0.05, 0.1) is 0 Å². The van der Waals surface area contributed by atoms with Crippen LogP contribution in [0.2, 0.25) is 25.7 Å². The highest BCUT2D eigenvalue weighted by molar-refractivity contribution is 9.10. The molecule has 2 heterocycles. The maximum atomic E-state index is 5.81. The monoisotopic (exact) mass is 352 g/mol. The minimum Gasteiger partial charge on any atom is -0.361 e. The lowest BCUT2D eigenvalue weighted by atomic mass is 10.2. The van der Waals surface area contributed by atoms with Crippen molar-refractivity contribution in [3.8, 4) is 0 Å². The van der Waals surface area contributed by atoms with Crippen molar-refractivity contribution >= 4 is 41.1 Å². The molecule has 0 bridgehead atoms. The van der Waals surface area contributed by atoms with Crippen molar-refractivity contribution in [2.24, 2.45) is 0 Å². The summed E-state index contributed by atoms with van der Waals surface area (Å²) in [4.78, 5) is 4.45. The van der Waals surface area contributed by atoms with Crippen LogP contribution in [0, 0.1) is 0 Å². The summed E-state index contributed by atoms with van der Waals surface area (Å²) in [7, 11) is -1.03. The van der Waals surface area contributed by atoms with Crippen LogP contribution in [0.3, 0.4) is 0 Å². The van der Waals surface area contributed by atoms with Gasteiger partial charge in [0, 0.05) is 42.5 Å². The van der Waals surface area contributed by atoms with Gasteiger partial charge in [-0.25, -0.2) is 4.98 Å². The first-order chi connectivity index (χ1) is 9.42. The Kier molecular flexibility index (Phi) is 4.83. The average molecular weight is 353 g/mol. The van der Waals surface area contributed by atoms with Crippen molar-refractivity contribution in [3.63, 3.8) is 0 Å². The lowest BCUT2D eigenvalue weighted by molar-refractivity contribution is 0.0898. The molecule has 0 radical (unpaired) electrons. The molecule has 2 aromatic rings. The maximum Gasteiger partial charge on any atom is 0.143 e. The van der Waals surface area contributed by atoms with Crippen LogP contribution in [-0.2, 0) is 11.5 Å². The van der Waals surface area contributed by atoms with E-state index in [1.807, 2.05) is 22.9 Å². The van der Waals surface area contributed by atoms with E-state index < -0.39 is 8.07 Å². The molecule has 0 amide bonds. The van der Waals surface area contributed by atoms with E-state index in [4.69, 9.17) is 4.74 Å². The molecule has 0 fully saturated rings. The first kappa shape index (κ1) is 15.5. The third-order valence-corrected chi connectivity index (χ3v) is 5.55. The third kappa shape index (κ3) is 3.59. The normalized spacial score (nSPS) is 12.0. The second-order valence-electron chi connectivity index (χ2n) is 6.10. The number of hydrogen-bond donors (Lipinski definition) is 0. The van der Waals surface area contributed by atoms with Crippen LogP contribution < -0.4 is 0 Å². The summed E-state index contributed by atoms with van der Waals surface area (Å²) >= 11 is 3.57. The molecule has 108 valence electrons. The SMILES string of the molecule is C=Cc1cn(COCC[Si](C)(C)C)c2nccc(Br)c12. The molecular weight excluding hydrogens is 332 g/mol. The Morgan fingerprint density at radius 2 is 2.20 bits per heavy atom. The van der Waals surface area contributed by atoms with E-state index in [-0.39, 0.29) is 0 Å². The fourth-order valence-electron chi connectivity index (χ4n) is 2.00. The summed E-state index contributed by atoms with van der Waals surface area (Å²) in [5.74, 6) is 0. The van der Waals surface area contributed by atoms with Gasteiger partial charge in [-0.2, -0.15) is 0 Å². The number of aromatic nitrogens is 2. The van der Waals surface area contributed by atoms with Crippen molar-refractivity contribution in [1.29, 1.82) is 0 Å². The molecule has 0 spiro atoms. The molecule has 0 aliphatic carbocycles. The van der Waals surface area contributed by atoms with Crippen LogP contribution >= 0.6 is 15.9 Å². The fraction of sp³-hybridized carbons (Fsp3) is 0.400. The van der Waals surface area contributed by atoms with Gasteiger partial charge in [0.1, 0.15) is 12.4 Å². The first-order valence-corrected chi connectivity index (χ1v) is 11.3. The van der Waals surface area contributed by atoms with Crippen LogP contribution in [0.25, 0.3) is 17.1 Å². The molecule has 0 atom stereocenters. The zero-order chi connectivity index (χ0) is 14.8. The van der Waals surface area contributed by atoms with Gasteiger partial charge in [0.2, 0.25) is 0 Å². The molecule has 20 heavy (non-hydrogen) atoms. The minimum atomic E-state index is -1.03. The lowest BCUT2D eigenvalue weighted by Gasteiger charge is -2.15. The summed E-state index contributed by atoms with van der Waals surface area (Å²) < 4.78 is 8.89. The molecule has 3 nitrogen and oxygen atoms in total. The largest absolute Gasteiger partial charge is 0.361 e. The summed E-state index contributed by atoms with van der Waals surface area (Å²) in [5, 5.41) is 1.09. The van der Waals surface area contributed by atoms with E-state index >= 15 is 0 Å². The van der Waals surface area contributed by atoms with E-state index in [1.54, 1.807) is 6.20 Å². The Hall–Kier alpha value is -0.913. The van der Waals surface area contributed by atoms with E-state index in [0.29, 0.717) is 6.73 Å². The second-order valence-corrected chi connectivity index (χ2v) is 12.6. The molecule has 0 aliphatic rings. The Morgan fingerprint density at radius 1 is 1.45 bits per heavy atom. The maximum absolute atomic E-state index is 5.81.